The molecule has 0 fully saturated rings. The highest BCUT2D eigenvalue weighted by atomic mass is 35.5. The van der Waals surface area contributed by atoms with Crippen molar-refractivity contribution >= 4 is 40.3 Å². The van der Waals surface area contributed by atoms with Crippen LogP contribution in [0.15, 0.2) is 0 Å². The first kappa shape index (κ1) is 19.9. The third-order valence-corrected chi connectivity index (χ3v) is 11.2. The van der Waals surface area contributed by atoms with Crippen LogP contribution >= 0.6 is 23.2 Å². The second kappa shape index (κ2) is 10.6. The van der Waals surface area contributed by atoms with E-state index in [9.17, 15) is 0 Å². The Morgan fingerprint density at radius 1 is 0.789 bits per heavy atom. The van der Waals surface area contributed by atoms with Crippen LogP contribution in [0.3, 0.4) is 0 Å². The number of alkyl halides is 2. The summed E-state index contributed by atoms with van der Waals surface area (Å²) in [6.07, 6.45) is 1.85. The van der Waals surface area contributed by atoms with Crippen LogP contribution in [-0.4, -0.2) is 42.1 Å². The SMILES string of the molecule is CCO[Si](C)(CCCCl)O[Si](C)(CCCCl)OCC. The zero-order chi connectivity index (χ0) is 14.8. The van der Waals surface area contributed by atoms with Crippen LogP contribution in [0.4, 0.5) is 0 Å². The lowest BCUT2D eigenvalue weighted by atomic mass is 10.6. The summed E-state index contributed by atoms with van der Waals surface area (Å²) >= 11 is 11.6. The van der Waals surface area contributed by atoms with Gasteiger partial charge >= 0.3 is 17.1 Å². The van der Waals surface area contributed by atoms with E-state index in [1.165, 1.54) is 0 Å². The van der Waals surface area contributed by atoms with Crippen molar-refractivity contribution in [3.63, 3.8) is 0 Å². The van der Waals surface area contributed by atoms with E-state index in [1.54, 1.807) is 0 Å². The van der Waals surface area contributed by atoms with Crippen molar-refractivity contribution in [1.29, 1.82) is 0 Å². The Kier molecular flexibility index (Phi) is 11.1. The first-order valence-corrected chi connectivity index (χ1v) is 13.2. The van der Waals surface area contributed by atoms with E-state index in [0.717, 1.165) is 24.9 Å². The van der Waals surface area contributed by atoms with Gasteiger partial charge in [-0.1, -0.05) is 0 Å². The molecule has 2 unspecified atom stereocenters. The molecule has 0 aliphatic heterocycles. The molecule has 116 valence electrons. The highest BCUT2D eigenvalue weighted by Gasteiger charge is 2.42. The topological polar surface area (TPSA) is 27.7 Å². The average Bonchev–Trinajstić information content (AvgIpc) is 2.34. The van der Waals surface area contributed by atoms with Crippen LogP contribution in [-0.2, 0) is 13.0 Å². The molecule has 0 aliphatic rings. The Morgan fingerprint density at radius 2 is 1.16 bits per heavy atom. The standard InChI is InChI=1S/C12H28Cl2O3Si2/c1-5-15-18(3,11-7-9-13)17-19(4,16-6-2)12-8-10-14/h5-12H2,1-4H3. The van der Waals surface area contributed by atoms with Crippen LogP contribution in [0.2, 0.25) is 25.2 Å². The number of rotatable bonds is 12. The number of halogens is 2. The molecule has 0 spiro atoms. The summed E-state index contributed by atoms with van der Waals surface area (Å²) in [7, 11) is -4.37. The smallest absolute Gasteiger partial charge is 0.326 e. The summed E-state index contributed by atoms with van der Waals surface area (Å²) in [5.41, 5.74) is 0. The Morgan fingerprint density at radius 3 is 1.42 bits per heavy atom. The van der Waals surface area contributed by atoms with E-state index >= 15 is 0 Å². The van der Waals surface area contributed by atoms with Gasteiger partial charge < -0.3 is 13.0 Å². The van der Waals surface area contributed by atoms with Gasteiger partial charge in [-0.3, -0.25) is 0 Å². The van der Waals surface area contributed by atoms with Crippen LogP contribution in [0.1, 0.15) is 26.7 Å². The Labute approximate surface area is 130 Å². The van der Waals surface area contributed by atoms with Gasteiger partial charge in [0.15, 0.2) is 0 Å². The van der Waals surface area contributed by atoms with Crippen molar-refractivity contribution in [2.45, 2.75) is 51.9 Å². The van der Waals surface area contributed by atoms with Crippen LogP contribution in [0.25, 0.3) is 0 Å². The molecule has 0 aromatic carbocycles. The highest BCUT2D eigenvalue weighted by Crippen LogP contribution is 2.26. The molecule has 3 nitrogen and oxygen atoms in total. The normalized spacial score (nSPS) is 18.0. The average molecular weight is 347 g/mol. The first-order chi connectivity index (χ1) is 8.95. The zero-order valence-electron chi connectivity index (χ0n) is 12.6. The third-order valence-electron chi connectivity index (χ3n) is 2.86. The van der Waals surface area contributed by atoms with Crippen LogP contribution < -0.4 is 0 Å². The molecule has 0 aromatic heterocycles. The molecule has 0 amide bonds. The molecule has 7 heteroatoms. The van der Waals surface area contributed by atoms with Crippen LogP contribution in [0.5, 0.6) is 0 Å². The van der Waals surface area contributed by atoms with Crippen molar-refractivity contribution in [3.8, 4) is 0 Å². The summed E-state index contributed by atoms with van der Waals surface area (Å²) in [5.74, 6) is 1.29. The van der Waals surface area contributed by atoms with Gasteiger partial charge in [0.1, 0.15) is 0 Å². The van der Waals surface area contributed by atoms with E-state index in [4.69, 9.17) is 36.2 Å². The summed E-state index contributed by atoms with van der Waals surface area (Å²) < 4.78 is 18.3. The van der Waals surface area contributed by atoms with Gasteiger partial charge in [0.25, 0.3) is 0 Å². The highest BCUT2D eigenvalue weighted by molar-refractivity contribution is 6.80. The summed E-state index contributed by atoms with van der Waals surface area (Å²) in [4.78, 5) is 0. The maximum atomic E-state index is 6.43. The Balaban J connectivity index is 4.70. The molecule has 0 bridgehead atoms. The van der Waals surface area contributed by atoms with Gasteiger partial charge in [-0.25, -0.2) is 0 Å². The van der Waals surface area contributed by atoms with Crippen molar-refractivity contribution < 1.29 is 13.0 Å². The monoisotopic (exact) mass is 346 g/mol. The van der Waals surface area contributed by atoms with Gasteiger partial charge in [-0.2, -0.15) is 0 Å². The van der Waals surface area contributed by atoms with E-state index in [2.05, 4.69) is 13.1 Å². The van der Waals surface area contributed by atoms with Gasteiger partial charge in [0.2, 0.25) is 0 Å². The molecule has 0 radical (unpaired) electrons. The molecule has 2 atom stereocenters. The molecule has 19 heavy (non-hydrogen) atoms. The summed E-state index contributed by atoms with van der Waals surface area (Å²) in [6.45, 7) is 9.61. The minimum absolute atomic E-state index is 0.646. The maximum Gasteiger partial charge on any atom is 0.326 e. The summed E-state index contributed by atoms with van der Waals surface area (Å²) in [5, 5.41) is 0. The Hall–Kier alpha value is 0.894. The largest absolute Gasteiger partial charge is 0.415 e. The minimum Gasteiger partial charge on any atom is -0.415 e. The van der Waals surface area contributed by atoms with E-state index in [0.29, 0.717) is 25.0 Å². The van der Waals surface area contributed by atoms with E-state index in [1.807, 2.05) is 13.8 Å². The van der Waals surface area contributed by atoms with Crippen molar-refractivity contribution in [2.24, 2.45) is 0 Å². The molecule has 0 saturated heterocycles. The van der Waals surface area contributed by atoms with Gasteiger partial charge in [0.05, 0.1) is 0 Å². The van der Waals surface area contributed by atoms with Crippen molar-refractivity contribution in [3.05, 3.63) is 0 Å². The van der Waals surface area contributed by atoms with Crippen molar-refractivity contribution in [2.75, 3.05) is 25.0 Å². The lowest BCUT2D eigenvalue weighted by Crippen LogP contribution is -2.52. The number of hydrogen-bond acceptors (Lipinski definition) is 3. The molecule has 0 heterocycles. The molecular weight excluding hydrogens is 319 g/mol. The fourth-order valence-corrected chi connectivity index (χ4v) is 11.0. The van der Waals surface area contributed by atoms with Crippen LogP contribution in [0, 0.1) is 0 Å². The quantitative estimate of drug-likeness (QED) is 0.385. The zero-order valence-corrected chi connectivity index (χ0v) is 16.1. The minimum atomic E-state index is -2.18. The molecule has 0 aromatic rings. The molecule has 0 saturated carbocycles. The lowest BCUT2D eigenvalue weighted by molar-refractivity contribution is 0.198. The Bertz CT molecular complexity index is 215. The first-order valence-electron chi connectivity index (χ1n) is 7.05. The third kappa shape index (κ3) is 8.70. The van der Waals surface area contributed by atoms with E-state index < -0.39 is 17.1 Å². The lowest BCUT2D eigenvalue weighted by Gasteiger charge is -2.36. The fourth-order valence-electron chi connectivity index (χ4n) is 2.15. The molecule has 0 aliphatic carbocycles. The second-order valence-corrected chi connectivity index (χ2v) is 12.5. The van der Waals surface area contributed by atoms with Gasteiger partial charge in [0, 0.05) is 25.0 Å². The van der Waals surface area contributed by atoms with E-state index in [-0.39, 0.29) is 0 Å². The van der Waals surface area contributed by atoms with Gasteiger partial charge in [-0.15, -0.1) is 23.2 Å². The molecule has 0 rings (SSSR count). The molecule has 0 N–H and O–H groups in total. The van der Waals surface area contributed by atoms with Crippen molar-refractivity contribution in [1.82, 2.24) is 0 Å². The van der Waals surface area contributed by atoms with Gasteiger partial charge in [-0.05, 0) is 51.9 Å². The second-order valence-electron chi connectivity index (χ2n) is 4.82. The predicted octanol–water partition coefficient (Wildman–Crippen LogP) is 4.48. The molecular formula is C12H28Cl2O3Si2. The number of hydrogen-bond donors (Lipinski definition) is 0. The maximum absolute atomic E-state index is 6.43. The predicted molar refractivity (Wildman–Crippen MR) is 87.9 cm³/mol. The summed E-state index contributed by atoms with van der Waals surface area (Å²) in [6, 6.07) is 1.84. The fraction of sp³-hybridized carbons (Fsp3) is 1.00.